The first-order chi connectivity index (χ1) is 10.3. The summed E-state index contributed by atoms with van der Waals surface area (Å²) in [5.74, 6) is -0.375. The summed E-state index contributed by atoms with van der Waals surface area (Å²) in [5, 5.41) is 3.01. The number of hydrogen-bond donors (Lipinski definition) is 1. The topological polar surface area (TPSA) is 65.4 Å². The summed E-state index contributed by atoms with van der Waals surface area (Å²) >= 11 is 3.39. The minimum Gasteiger partial charge on any atom is -0.461 e. The predicted octanol–water partition coefficient (Wildman–Crippen LogP) is 2.85. The van der Waals surface area contributed by atoms with Crippen molar-refractivity contribution in [3.05, 3.63) is 16.1 Å². The van der Waals surface area contributed by atoms with Gasteiger partial charge in [-0.1, -0.05) is 19.6 Å². The molecule has 0 spiro atoms. The highest BCUT2D eigenvalue weighted by Crippen LogP contribution is 2.19. The Morgan fingerprint density at radius 1 is 1.41 bits per heavy atom. The molecular weight excluding hydrogens is 366 g/mol. The van der Waals surface area contributed by atoms with Crippen LogP contribution in [0, 0.1) is 0 Å². The third-order valence-electron chi connectivity index (χ3n) is 3.02. The lowest BCUT2D eigenvalue weighted by Gasteiger charge is -2.16. The second-order valence-corrected chi connectivity index (χ2v) is 12.5. The average Bonchev–Trinajstić information content (AvgIpc) is 2.70. The van der Waals surface area contributed by atoms with Crippen molar-refractivity contribution in [2.45, 2.75) is 45.9 Å². The molecule has 0 aliphatic carbocycles. The highest BCUT2D eigenvalue weighted by molar-refractivity contribution is 9.10. The van der Waals surface area contributed by atoms with Gasteiger partial charge in [0, 0.05) is 21.2 Å². The summed E-state index contributed by atoms with van der Waals surface area (Å²) in [6.07, 6.45) is 0. The van der Waals surface area contributed by atoms with E-state index in [1.54, 1.807) is 11.5 Å². The highest BCUT2D eigenvalue weighted by atomic mass is 79.9. The molecule has 0 aromatic carbocycles. The van der Waals surface area contributed by atoms with Gasteiger partial charge in [0.1, 0.15) is 6.73 Å². The Morgan fingerprint density at radius 3 is 2.64 bits per heavy atom. The van der Waals surface area contributed by atoms with Gasteiger partial charge in [0.05, 0.1) is 12.3 Å². The third-order valence-corrected chi connectivity index (χ3v) is 5.33. The number of nitrogens with one attached hydrogen (secondary N) is 1. The van der Waals surface area contributed by atoms with Crippen molar-refractivity contribution >= 4 is 30.0 Å². The van der Waals surface area contributed by atoms with Crippen molar-refractivity contribution in [2.24, 2.45) is 0 Å². The minimum atomic E-state index is -1.13. The van der Waals surface area contributed by atoms with Crippen LogP contribution in [0.2, 0.25) is 25.7 Å². The number of ether oxygens (including phenoxy) is 2. The zero-order valence-corrected chi connectivity index (χ0v) is 16.6. The zero-order valence-electron chi connectivity index (χ0n) is 14.0. The molecule has 1 N–H and O–H groups in total. The maximum Gasteiger partial charge on any atom is 0.357 e. The molecule has 1 aromatic heterocycles. The van der Waals surface area contributed by atoms with Crippen molar-refractivity contribution < 1.29 is 14.3 Å². The highest BCUT2D eigenvalue weighted by Gasteiger charge is 2.23. The number of imidazole rings is 1. The molecule has 22 heavy (non-hydrogen) atoms. The van der Waals surface area contributed by atoms with E-state index in [0.29, 0.717) is 35.9 Å². The summed E-state index contributed by atoms with van der Waals surface area (Å²) in [6, 6.07) is 1.08. The molecule has 0 atom stereocenters. The standard InChI is InChI=1S/C14H26BrN3O3Si/c1-6-21-13(19)12-11(9-16-2)17-14(15)18(12)10-20-7-8-22(3,4)5/h16H,6-10H2,1-5H3. The molecule has 0 amide bonds. The number of carbonyl (C=O) groups is 1. The van der Waals surface area contributed by atoms with Crippen molar-refractivity contribution in [3.63, 3.8) is 0 Å². The van der Waals surface area contributed by atoms with Crippen molar-refractivity contribution in [1.82, 2.24) is 14.9 Å². The third kappa shape index (κ3) is 5.83. The summed E-state index contributed by atoms with van der Waals surface area (Å²) in [5.41, 5.74) is 1.10. The van der Waals surface area contributed by atoms with Crippen LogP contribution >= 0.6 is 15.9 Å². The Balaban J connectivity index is 2.85. The van der Waals surface area contributed by atoms with Crippen LogP contribution in [0.15, 0.2) is 4.73 Å². The van der Waals surface area contributed by atoms with Crippen LogP contribution in [-0.4, -0.2) is 43.9 Å². The fraction of sp³-hybridized carbons (Fsp3) is 0.714. The van der Waals surface area contributed by atoms with E-state index in [0.717, 1.165) is 6.04 Å². The Hall–Kier alpha value is -0.703. The number of aromatic nitrogens is 2. The van der Waals surface area contributed by atoms with Crippen LogP contribution in [0.25, 0.3) is 0 Å². The Bertz CT molecular complexity index is 500. The fourth-order valence-electron chi connectivity index (χ4n) is 1.84. The lowest BCUT2D eigenvalue weighted by molar-refractivity contribution is 0.0469. The normalized spacial score (nSPS) is 11.7. The van der Waals surface area contributed by atoms with Crippen molar-refractivity contribution in [1.29, 1.82) is 0 Å². The van der Waals surface area contributed by atoms with Crippen molar-refractivity contribution in [2.75, 3.05) is 20.3 Å². The first-order valence-electron chi connectivity index (χ1n) is 7.44. The minimum absolute atomic E-state index is 0.288. The Labute approximate surface area is 141 Å². The molecule has 1 rings (SSSR count). The number of nitrogens with zero attached hydrogens (tertiary/aromatic N) is 2. The second kappa shape index (κ2) is 8.81. The number of hydrogen-bond acceptors (Lipinski definition) is 5. The molecule has 126 valence electrons. The molecule has 0 aliphatic heterocycles. The first kappa shape index (κ1) is 19.3. The molecular formula is C14H26BrN3O3Si. The molecule has 0 saturated heterocycles. The van der Waals surface area contributed by atoms with E-state index in [9.17, 15) is 4.79 Å². The molecule has 0 unspecified atom stereocenters. The van der Waals surface area contributed by atoms with Gasteiger partial charge < -0.3 is 14.8 Å². The van der Waals surface area contributed by atoms with Gasteiger partial charge in [-0.15, -0.1) is 0 Å². The van der Waals surface area contributed by atoms with E-state index in [1.165, 1.54) is 0 Å². The van der Waals surface area contributed by atoms with E-state index >= 15 is 0 Å². The SMILES string of the molecule is CCOC(=O)c1c(CNC)nc(Br)n1COCC[Si](C)(C)C. The van der Waals surface area contributed by atoms with E-state index in [2.05, 4.69) is 45.9 Å². The maximum absolute atomic E-state index is 12.2. The van der Waals surface area contributed by atoms with Crippen LogP contribution in [0.3, 0.4) is 0 Å². The number of halogens is 1. The summed E-state index contributed by atoms with van der Waals surface area (Å²) in [4.78, 5) is 16.6. The number of rotatable bonds is 9. The molecule has 0 aliphatic rings. The van der Waals surface area contributed by atoms with Gasteiger partial charge in [0.15, 0.2) is 10.4 Å². The van der Waals surface area contributed by atoms with E-state index in [4.69, 9.17) is 9.47 Å². The van der Waals surface area contributed by atoms with Crippen LogP contribution in [0.4, 0.5) is 0 Å². The molecule has 1 heterocycles. The van der Waals surface area contributed by atoms with Crippen LogP contribution in [0.5, 0.6) is 0 Å². The smallest absolute Gasteiger partial charge is 0.357 e. The van der Waals surface area contributed by atoms with Gasteiger partial charge in [-0.2, -0.15) is 0 Å². The zero-order chi connectivity index (χ0) is 16.8. The van der Waals surface area contributed by atoms with Gasteiger partial charge in [-0.3, -0.25) is 4.57 Å². The number of esters is 1. The van der Waals surface area contributed by atoms with Gasteiger partial charge in [0.2, 0.25) is 0 Å². The molecule has 0 radical (unpaired) electrons. The largest absolute Gasteiger partial charge is 0.461 e. The summed E-state index contributed by atoms with van der Waals surface area (Å²) in [7, 11) is 0.684. The molecule has 1 aromatic rings. The second-order valence-electron chi connectivity index (χ2n) is 6.20. The predicted molar refractivity (Wildman–Crippen MR) is 92.8 cm³/mol. The van der Waals surface area contributed by atoms with E-state index in [-0.39, 0.29) is 12.7 Å². The first-order valence-corrected chi connectivity index (χ1v) is 11.9. The van der Waals surface area contributed by atoms with Gasteiger partial charge in [-0.05, 0) is 35.9 Å². The fourth-order valence-corrected chi connectivity index (χ4v) is 3.09. The monoisotopic (exact) mass is 391 g/mol. The average molecular weight is 392 g/mol. The number of carbonyl (C=O) groups excluding carboxylic acids is 1. The maximum atomic E-state index is 12.2. The van der Waals surface area contributed by atoms with E-state index < -0.39 is 8.07 Å². The van der Waals surface area contributed by atoms with E-state index in [1.807, 2.05) is 7.05 Å². The van der Waals surface area contributed by atoms with Gasteiger partial charge >= 0.3 is 5.97 Å². The van der Waals surface area contributed by atoms with Gasteiger partial charge in [0.25, 0.3) is 0 Å². The molecule has 0 fully saturated rings. The van der Waals surface area contributed by atoms with Crippen LogP contribution < -0.4 is 5.32 Å². The molecule has 6 nitrogen and oxygen atoms in total. The quantitative estimate of drug-likeness (QED) is 0.398. The van der Waals surface area contributed by atoms with Crippen LogP contribution in [0.1, 0.15) is 23.1 Å². The summed E-state index contributed by atoms with van der Waals surface area (Å²) in [6.45, 7) is 10.5. The van der Waals surface area contributed by atoms with Crippen molar-refractivity contribution in [3.8, 4) is 0 Å². The lowest BCUT2D eigenvalue weighted by Crippen LogP contribution is -2.23. The molecule has 0 saturated carbocycles. The molecule has 8 heteroatoms. The van der Waals surface area contributed by atoms with Gasteiger partial charge in [-0.25, -0.2) is 9.78 Å². The lowest BCUT2D eigenvalue weighted by atomic mass is 10.3. The Morgan fingerprint density at radius 2 is 2.09 bits per heavy atom. The van der Waals surface area contributed by atoms with Crippen LogP contribution in [-0.2, 0) is 22.7 Å². The Kier molecular flexibility index (Phi) is 7.74. The summed E-state index contributed by atoms with van der Waals surface area (Å²) < 4.78 is 13.2. The molecule has 0 bridgehead atoms.